The van der Waals surface area contributed by atoms with E-state index < -0.39 is 5.92 Å². The Morgan fingerprint density at radius 2 is 2.00 bits per heavy atom. The third-order valence-electron chi connectivity index (χ3n) is 3.97. The van der Waals surface area contributed by atoms with Crippen LogP contribution in [0.3, 0.4) is 0 Å². The molecule has 16 heavy (non-hydrogen) atoms. The molecular weight excluding hydrogens is 210 g/mol. The Balaban J connectivity index is 1.77. The molecule has 1 saturated heterocycles. The lowest BCUT2D eigenvalue weighted by Gasteiger charge is -2.38. The number of halogens is 2. The molecule has 1 unspecified atom stereocenters. The summed E-state index contributed by atoms with van der Waals surface area (Å²) in [6.45, 7) is 6.35. The monoisotopic (exact) mass is 232 g/mol. The maximum absolute atomic E-state index is 13.0. The molecule has 2 rings (SSSR count). The van der Waals surface area contributed by atoms with Crippen molar-refractivity contribution in [2.24, 2.45) is 5.92 Å². The SMILES string of the molecule is CC1CNCCN1CC1CCC(F)(F)CC1. The van der Waals surface area contributed by atoms with Crippen LogP contribution in [0.15, 0.2) is 0 Å². The third-order valence-corrected chi connectivity index (χ3v) is 3.97. The summed E-state index contributed by atoms with van der Waals surface area (Å²) in [7, 11) is 0. The lowest BCUT2D eigenvalue weighted by Crippen LogP contribution is -2.51. The van der Waals surface area contributed by atoms with Crippen molar-refractivity contribution in [1.29, 1.82) is 0 Å². The quantitative estimate of drug-likeness (QED) is 0.784. The number of rotatable bonds is 2. The molecule has 2 nitrogen and oxygen atoms in total. The fraction of sp³-hybridized carbons (Fsp3) is 1.00. The molecule has 1 heterocycles. The van der Waals surface area contributed by atoms with Crippen LogP contribution < -0.4 is 5.32 Å². The zero-order chi connectivity index (χ0) is 11.6. The van der Waals surface area contributed by atoms with E-state index in [2.05, 4.69) is 17.1 Å². The summed E-state index contributed by atoms with van der Waals surface area (Å²) in [5, 5.41) is 3.35. The molecule has 4 heteroatoms. The molecule has 0 radical (unpaired) electrons. The van der Waals surface area contributed by atoms with Gasteiger partial charge in [-0.05, 0) is 25.7 Å². The second-order valence-corrected chi connectivity index (χ2v) is 5.35. The van der Waals surface area contributed by atoms with Crippen LogP contribution in [0.4, 0.5) is 8.78 Å². The molecule has 0 aromatic heterocycles. The zero-order valence-corrected chi connectivity index (χ0v) is 10.0. The van der Waals surface area contributed by atoms with Gasteiger partial charge in [-0.2, -0.15) is 0 Å². The Labute approximate surface area is 96.4 Å². The second-order valence-electron chi connectivity index (χ2n) is 5.35. The van der Waals surface area contributed by atoms with Crippen molar-refractivity contribution in [1.82, 2.24) is 10.2 Å². The van der Waals surface area contributed by atoms with Gasteiger partial charge in [0.15, 0.2) is 0 Å². The average Bonchev–Trinajstić information content (AvgIpc) is 2.24. The summed E-state index contributed by atoms with van der Waals surface area (Å²) >= 11 is 0. The first-order valence-corrected chi connectivity index (χ1v) is 6.39. The molecule has 0 bridgehead atoms. The molecule has 1 aliphatic heterocycles. The van der Waals surface area contributed by atoms with Gasteiger partial charge >= 0.3 is 0 Å². The van der Waals surface area contributed by atoms with Crippen LogP contribution in [0.1, 0.15) is 32.6 Å². The highest BCUT2D eigenvalue weighted by atomic mass is 19.3. The third kappa shape index (κ3) is 3.14. The fourth-order valence-corrected chi connectivity index (χ4v) is 2.77. The summed E-state index contributed by atoms with van der Waals surface area (Å²) in [6, 6.07) is 0.552. The highest BCUT2D eigenvalue weighted by molar-refractivity contribution is 4.83. The fourth-order valence-electron chi connectivity index (χ4n) is 2.77. The second kappa shape index (κ2) is 4.96. The molecule has 0 aromatic carbocycles. The van der Waals surface area contributed by atoms with E-state index in [-0.39, 0.29) is 12.8 Å². The van der Waals surface area contributed by atoms with Gasteiger partial charge < -0.3 is 5.32 Å². The van der Waals surface area contributed by atoms with Crippen molar-refractivity contribution in [2.45, 2.75) is 44.6 Å². The van der Waals surface area contributed by atoms with Gasteiger partial charge in [0.1, 0.15) is 0 Å². The van der Waals surface area contributed by atoms with Gasteiger partial charge in [0, 0.05) is 45.1 Å². The van der Waals surface area contributed by atoms with E-state index in [9.17, 15) is 8.78 Å². The predicted octanol–water partition coefficient (Wildman–Crippen LogP) is 2.11. The first-order valence-electron chi connectivity index (χ1n) is 6.39. The van der Waals surface area contributed by atoms with E-state index in [1.807, 2.05) is 0 Å². The number of nitrogens with zero attached hydrogens (tertiary/aromatic N) is 1. The maximum atomic E-state index is 13.0. The van der Waals surface area contributed by atoms with Gasteiger partial charge in [0.25, 0.3) is 0 Å². The van der Waals surface area contributed by atoms with Gasteiger partial charge in [-0.1, -0.05) is 0 Å². The summed E-state index contributed by atoms with van der Waals surface area (Å²) in [5.74, 6) is -1.90. The minimum atomic E-state index is -2.38. The Morgan fingerprint density at radius 1 is 1.31 bits per heavy atom. The molecule has 2 aliphatic rings. The van der Waals surface area contributed by atoms with Crippen molar-refractivity contribution in [2.75, 3.05) is 26.2 Å². The topological polar surface area (TPSA) is 15.3 Å². The number of hydrogen-bond donors (Lipinski definition) is 1. The molecule has 1 saturated carbocycles. The number of nitrogens with one attached hydrogen (secondary N) is 1. The number of alkyl halides is 2. The van der Waals surface area contributed by atoms with Gasteiger partial charge in [0.05, 0.1) is 0 Å². The van der Waals surface area contributed by atoms with Gasteiger partial charge in [0.2, 0.25) is 5.92 Å². The molecule has 1 atom stereocenters. The lowest BCUT2D eigenvalue weighted by molar-refractivity contribution is -0.0503. The molecule has 1 N–H and O–H groups in total. The van der Waals surface area contributed by atoms with E-state index in [1.165, 1.54) is 0 Å². The van der Waals surface area contributed by atoms with E-state index in [1.54, 1.807) is 0 Å². The number of hydrogen-bond acceptors (Lipinski definition) is 2. The Kier molecular flexibility index (Phi) is 3.80. The first kappa shape index (κ1) is 12.2. The van der Waals surface area contributed by atoms with Crippen LogP contribution >= 0.6 is 0 Å². The van der Waals surface area contributed by atoms with Crippen molar-refractivity contribution in [3.63, 3.8) is 0 Å². The van der Waals surface area contributed by atoms with Gasteiger partial charge in [-0.15, -0.1) is 0 Å². The maximum Gasteiger partial charge on any atom is 0.248 e. The van der Waals surface area contributed by atoms with Crippen LogP contribution in [0.5, 0.6) is 0 Å². The number of piperazine rings is 1. The van der Waals surface area contributed by atoms with Crippen molar-refractivity contribution >= 4 is 0 Å². The summed E-state index contributed by atoms with van der Waals surface area (Å²) in [4.78, 5) is 2.45. The minimum Gasteiger partial charge on any atom is -0.314 e. The summed E-state index contributed by atoms with van der Waals surface area (Å²) in [5.41, 5.74) is 0. The van der Waals surface area contributed by atoms with Crippen molar-refractivity contribution in [3.05, 3.63) is 0 Å². The van der Waals surface area contributed by atoms with E-state index in [0.717, 1.165) is 26.2 Å². The highest BCUT2D eigenvalue weighted by Gasteiger charge is 2.35. The molecule has 94 valence electrons. The average molecular weight is 232 g/mol. The summed E-state index contributed by atoms with van der Waals surface area (Å²) < 4.78 is 26.0. The molecule has 0 amide bonds. The van der Waals surface area contributed by atoms with Crippen LogP contribution in [-0.4, -0.2) is 43.0 Å². The highest BCUT2D eigenvalue weighted by Crippen LogP contribution is 2.36. The summed E-state index contributed by atoms with van der Waals surface area (Å²) in [6.07, 6.45) is 1.59. The molecule has 2 fully saturated rings. The first-order chi connectivity index (χ1) is 7.57. The molecule has 0 spiro atoms. The predicted molar refractivity (Wildman–Crippen MR) is 60.8 cm³/mol. The Hall–Kier alpha value is -0.220. The molecule has 0 aromatic rings. The van der Waals surface area contributed by atoms with Crippen LogP contribution in [-0.2, 0) is 0 Å². The minimum absolute atomic E-state index is 0.0954. The normalized spacial score (nSPS) is 32.8. The van der Waals surface area contributed by atoms with Crippen LogP contribution in [0.25, 0.3) is 0 Å². The van der Waals surface area contributed by atoms with Crippen LogP contribution in [0.2, 0.25) is 0 Å². The van der Waals surface area contributed by atoms with Gasteiger partial charge in [-0.25, -0.2) is 8.78 Å². The van der Waals surface area contributed by atoms with E-state index in [4.69, 9.17) is 0 Å². The van der Waals surface area contributed by atoms with E-state index >= 15 is 0 Å². The van der Waals surface area contributed by atoms with Crippen molar-refractivity contribution in [3.8, 4) is 0 Å². The van der Waals surface area contributed by atoms with Crippen LogP contribution in [0, 0.1) is 5.92 Å². The van der Waals surface area contributed by atoms with Gasteiger partial charge in [-0.3, -0.25) is 4.90 Å². The van der Waals surface area contributed by atoms with Crippen molar-refractivity contribution < 1.29 is 8.78 Å². The lowest BCUT2D eigenvalue weighted by atomic mass is 9.86. The largest absolute Gasteiger partial charge is 0.314 e. The standard InChI is InChI=1S/C12H22F2N2/c1-10-8-15-6-7-16(10)9-11-2-4-12(13,14)5-3-11/h10-11,15H,2-9H2,1H3. The Bertz CT molecular complexity index is 223. The smallest absolute Gasteiger partial charge is 0.248 e. The van der Waals surface area contributed by atoms with E-state index in [0.29, 0.717) is 24.8 Å². The zero-order valence-electron chi connectivity index (χ0n) is 10.0. The molecule has 1 aliphatic carbocycles. The molecular formula is C12H22F2N2. The Morgan fingerprint density at radius 3 is 2.62 bits per heavy atom.